The number of benzene rings is 3. The van der Waals surface area contributed by atoms with Crippen LogP contribution in [0.2, 0.25) is 0 Å². The summed E-state index contributed by atoms with van der Waals surface area (Å²) in [5, 5.41) is 7.82. The third-order valence-corrected chi connectivity index (χ3v) is 17.7. The van der Waals surface area contributed by atoms with Crippen LogP contribution in [0.3, 0.4) is 0 Å². The molecule has 0 saturated heterocycles. The van der Waals surface area contributed by atoms with Crippen LogP contribution in [0, 0.1) is 42.4 Å². The number of Topliss-reactive ketones (excluding diaryl/α,β-unsaturated/α-hetero) is 1. The molecule has 4 aliphatic rings. The van der Waals surface area contributed by atoms with Gasteiger partial charge in [0.25, 0.3) is 5.91 Å². The molecule has 3 fully saturated rings. The van der Waals surface area contributed by atoms with E-state index >= 15 is 0 Å². The van der Waals surface area contributed by atoms with Gasteiger partial charge in [0.1, 0.15) is 24.2 Å². The molecular weight excluding hydrogens is 917 g/mol. The van der Waals surface area contributed by atoms with Crippen molar-refractivity contribution in [3.05, 3.63) is 94.6 Å². The predicted molar refractivity (Wildman–Crippen MR) is 284 cm³/mol. The molecule has 0 spiro atoms. The highest BCUT2D eigenvalue weighted by Crippen LogP contribution is 2.64. The quantitative estimate of drug-likeness (QED) is 0.0209. The van der Waals surface area contributed by atoms with Gasteiger partial charge in [-0.05, 0) is 123 Å². The van der Waals surface area contributed by atoms with Gasteiger partial charge >= 0.3 is 11.9 Å². The maximum atomic E-state index is 14.2. The molecule has 0 bridgehead atoms. The lowest BCUT2D eigenvalue weighted by Crippen LogP contribution is -2.54. The molecule has 0 aliphatic heterocycles. The molecule has 4 unspecified atom stereocenters. The number of para-hydroxylation sites is 2. The lowest BCUT2D eigenvalue weighted by Gasteiger charge is -2.58. The van der Waals surface area contributed by atoms with Crippen LogP contribution in [0.25, 0.3) is 21.8 Å². The number of carbonyl (C=O) groups is 6. The van der Waals surface area contributed by atoms with Crippen molar-refractivity contribution in [2.24, 2.45) is 28.6 Å². The molecule has 7 atom stereocenters. The fourth-order valence-electron chi connectivity index (χ4n) is 13.6. The fraction of sp³-hybridized carbons (Fsp3) is 0.557. The number of unbranched alkanes of at least 4 members (excludes halogenated alkanes) is 2. The number of rotatable bonds is 21. The molecule has 1 heterocycles. The van der Waals surface area contributed by atoms with Crippen LogP contribution in [0.5, 0.6) is 5.75 Å². The van der Waals surface area contributed by atoms with Crippen LogP contribution < -0.4 is 19.9 Å². The Morgan fingerprint density at radius 2 is 1.37 bits per heavy atom. The van der Waals surface area contributed by atoms with Gasteiger partial charge in [0.15, 0.2) is 5.78 Å². The number of aryl methyl sites for hydroxylation is 3. The number of hydrogen-bond acceptors (Lipinski definition) is 8. The highest BCUT2D eigenvalue weighted by molar-refractivity contribution is 6.13. The average Bonchev–Trinajstić information content (AvgIpc) is 3.68. The van der Waals surface area contributed by atoms with Gasteiger partial charge in [-0.1, -0.05) is 64.8 Å². The minimum absolute atomic E-state index is 0.0262. The van der Waals surface area contributed by atoms with Crippen molar-refractivity contribution in [3.63, 3.8) is 0 Å². The Labute approximate surface area is 432 Å². The van der Waals surface area contributed by atoms with E-state index in [1.807, 2.05) is 50.2 Å². The Bertz CT molecular complexity index is 2720. The molecule has 4 aromatic rings. The van der Waals surface area contributed by atoms with Gasteiger partial charge < -0.3 is 24.6 Å². The number of ether oxygens (including phenoxy) is 2. The zero-order valence-corrected chi connectivity index (χ0v) is 44.7. The molecule has 390 valence electrons. The third-order valence-electron chi connectivity index (χ3n) is 17.7. The minimum atomic E-state index is -0.512. The average molecular weight is 997 g/mol. The Morgan fingerprint density at radius 1 is 0.753 bits per heavy atom. The molecule has 12 heteroatoms. The smallest absolute Gasteiger partial charge is 0.345 e. The normalized spacial score (nSPS) is 24.2. The van der Waals surface area contributed by atoms with E-state index in [1.54, 1.807) is 18.2 Å². The molecule has 1 aromatic heterocycles. The van der Waals surface area contributed by atoms with Crippen LogP contribution in [-0.2, 0) is 30.5 Å². The maximum Gasteiger partial charge on any atom is 0.345 e. The predicted octanol–water partition coefficient (Wildman–Crippen LogP) is 10.2. The lowest BCUT2D eigenvalue weighted by molar-refractivity contribution is -0.910. The topological polar surface area (TPSA) is 149 Å². The first-order valence-electron chi connectivity index (χ1n) is 27.5. The number of aromatic nitrogens is 1. The standard InChI is InChI=1S/C61H78N4O8/c1-8-10-32-64-50-20-14-12-18-44(50)56(45-19-13-15-21-51(45)64)59(71)73-57-40(3)36-42(37-41(57)4)58(70)63-31-17-35-65(7,33-11-9-2)34-16-30-62-54(68)24-25-55(69)72-52-39-46-47-22-23-53(67)61(47,6)29-27-48(46)60(5)28-26-43(66)38-49(52)60/h12-15,18-21,36-38,46-48,52H,8-11,16-17,22-35,39H2,1-7H3/p+2/t46?,47?,48?,52-,60-,61+,65?/m1/s1. The number of esters is 2. The highest BCUT2D eigenvalue weighted by Gasteiger charge is 2.61. The van der Waals surface area contributed by atoms with Crippen LogP contribution in [0.15, 0.2) is 72.3 Å². The zero-order chi connectivity index (χ0) is 52.1. The Balaban J connectivity index is 0.798. The second-order valence-electron chi connectivity index (χ2n) is 22.7. The lowest BCUT2D eigenvalue weighted by atomic mass is 9.47. The molecular formula is C61H80N4O8+2. The molecule has 2 N–H and O–H groups in total. The van der Waals surface area contributed by atoms with Crippen molar-refractivity contribution in [1.82, 2.24) is 10.6 Å². The first kappa shape index (κ1) is 53.5. The summed E-state index contributed by atoms with van der Waals surface area (Å²) in [6.45, 7) is 17.0. The first-order chi connectivity index (χ1) is 35.0. The first-order valence-corrected chi connectivity index (χ1v) is 27.5. The fourth-order valence-corrected chi connectivity index (χ4v) is 13.6. The minimum Gasteiger partial charge on any atom is -0.458 e. The van der Waals surface area contributed by atoms with Gasteiger partial charge in [0.2, 0.25) is 16.9 Å². The second kappa shape index (κ2) is 22.8. The van der Waals surface area contributed by atoms with E-state index < -0.39 is 18.0 Å². The van der Waals surface area contributed by atoms with Crippen molar-refractivity contribution >= 4 is 57.1 Å². The summed E-state index contributed by atoms with van der Waals surface area (Å²) >= 11 is 0. The molecule has 3 saturated carbocycles. The second-order valence-corrected chi connectivity index (χ2v) is 22.7. The number of nitrogens with one attached hydrogen (secondary N) is 2. The Kier molecular flexibility index (Phi) is 16.7. The summed E-state index contributed by atoms with van der Waals surface area (Å²) in [6.07, 6.45) is 12.1. The van der Waals surface area contributed by atoms with Crippen LogP contribution in [-0.4, -0.2) is 85.7 Å². The third kappa shape index (κ3) is 11.3. The Morgan fingerprint density at radius 3 is 2.03 bits per heavy atom. The summed E-state index contributed by atoms with van der Waals surface area (Å²) in [4.78, 5) is 79.9. The van der Waals surface area contributed by atoms with Crippen LogP contribution in [0.1, 0.15) is 156 Å². The Hall–Kier alpha value is -5.75. The summed E-state index contributed by atoms with van der Waals surface area (Å²) in [6, 6.07) is 19.6. The van der Waals surface area contributed by atoms with Crippen molar-refractivity contribution in [2.75, 3.05) is 39.8 Å². The summed E-state index contributed by atoms with van der Waals surface area (Å²) in [5.74, 6) is 0.542. The van der Waals surface area contributed by atoms with Gasteiger partial charge in [-0.25, -0.2) is 4.79 Å². The summed E-state index contributed by atoms with van der Waals surface area (Å²) < 4.78 is 15.5. The van der Waals surface area contributed by atoms with Gasteiger partial charge in [-0.3, -0.25) is 24.0 Å². The van der Waals surface area contributed by atoms with Gasteiger partial charge in [0, 0.05) is 74.7 Å². The van der Waals surface area contributed by atoms with Crippen molar-refractivity contribution in [1.29, 1.82) is 0 Å². The van der Waals surface area contributed by atoms with Crippen molar-refractivity contribution in [2.45, 2.75) is 151 Å². The summed E-state index contributed by atoms with van der Waals surface area (Å²) in [7, 11) is 2.24. The number of amides is 2. The number of ketones is 2. The van der Waals surface area contributed by atoms with E-state index in [0.29, 0.717) is 72.1 Å². The largest absolute Gasteiger partial charge is 0.458 e. The van der Waals surface area contributed by atoms with E-state index in [9.17, 15) is 28.8 Å². The molecule has 2 amide bonds. The SMILES string of the molecule is CCCC[n+]1c2ccccc2c(C(=O)Oc2c(C)cc(C(=O)NCCC[N+](C)(CCCC)CCCNC(=O)CCC(=O)O[C@@H]3CC4C(CC[C@]5(C)C(=O)CCC45)[C@@]4(C)CCC(=O)C=C34)cc2C)c2ccccc21. The number of carbonyl (C=O) groups excluding carboxylic acids is 6. The van der Waals surface area contributed by atoms with E-state index in [-0.39, 0.29) is 53.1 Å². The number of nitrogens with zero attached hydrogens (tertiary/aromatic N) is 2. The number of quaternary nitrogens is 1. The van der Waals surface area contributed by atoms with E-state index in [1.165, 1.54) is 0 Å². The summed E-state index contributed by atoms with van der Waals surface area (Å²) in [5.41, 5.74) is 4.79. The number of fused-ring (bicyclic) bond motifs is 7. The molecule has 12 nitrogen and oxygen atoms in total. The molecule has 4 aliphatic carbocycles. The van der Waals surface area contributed by atoms with Crippen molar-refractivity contribution < 1.29 is 47.3 Å². The van der Waals surface area contributed by atoms with Gasteiger partial charge in [-0.15, -0.1) is 0 Å². The van der Waals surface area contributed by atoms with Crippen LogP contribution in [0.4, 0.5) is 0 Å². The highest BCUT2D eigenvalue weighted by atomic mass is 16.5. The molecule has 73 heavy (non-hydrogen) atoms. The zero-order valence-electron chi connectivity index (χ0n) is 44.7. The molecule has 0 radical (unpaired) electrons. The van der Waals surface area contributed by atoms with E-state index in [4.69, 9.17) is 9.47 Å². The van der Waals surface area contributed by atoms with E-state index in [0.717, 1.165) is 122 Å². The van der Waals surface area contributed by atoms with Gasteiger partial charge in [0.05, 0.1) is 49.4 Å². The van der Waals surface area contributed by atoms with Gasteiger partial charge in [-0.2, -0.15) is 4.57 Å². The molecule has 8 rings (SSSR count). The molecule has 3 aromatic carbocycles. The number of pyridine rings is 1. The van der Waals surface area contributed by atoms with Crippen LogP contribution >= 0.6 is 0 Å². The van der Waals surface area contributed by atoms with E-state index in [2.05, 4.69) is 62.1 Å². The monoisotopic (exact) mass is 997 g/mol. The van der Waals surface area contributed by atoms with Crippen molar-refractivity contribution in [3.8, 4) is 5.75 Å². The maximum absolute atomic E-state index is 14.2. The number of hydrogen-bond donors (Lipinski definition) is 2.